The lowest BCUT2D eigenvalue weighted by molar-refractivity contribution is -0.120. The second kappa shape index (κ2) is 6.68. The summed E-state index contributed by atoms with van der Waals surface area (Å²) in [6.07, 6.45) is 0.124. The van der Waals surface area contributed by atoms with Crippen LogP contribution in [0.3, 0.4) is 0 Å². The van der Waals surface area contributed by atoms with Gasteiger partial charge in [-0.15, -0.1) is 0 Å². The van der Waals surface area contributed by atoms with Gasteiger partial charge in [0, 0.05) is 11.8 Å². The molecule has 22 heavy (non-hydrogen) atoms. The van der Waals surface area contributed by atoms with Crippen molar-refractivity contribution in [3.05, 3.63) is 42.1 Å². The molecule has 2 rings (SSSR count). The Morgan fingerprint density at radius 1 is 1.32 bits per heavy atom. The van der Waals surface area contributed by atoms with Gasteiger partial charge in [-0.2, -0.15) is 5.26 Å². The molecule has 3 N–H and O–H groups in total. The largest absolute Gasteiger partial charge is 0.368 e. The summed E-state index contributed by atoms with van der Waals surface area (Å²) < 4.78 is 0. The number of carbonyl (C=O) groups excluding carboxylic acids is 2. The number of nitrogens with zero attached hydrogens (tertiary/aromatic N) is 2. The van der Waals surface area contributed by atoms with Crippen molar-refractivity contribution in [2.75, 3.05) is 0 Å². The zero-order chi connectivity index (χ0) is 16.1. The fraction of sp³-hybridized carbons (Fsp3) is 0.250. The van der Waals surface area contributed by atoms with Crippen LogP contribution in [0.4, 0.5) is 0 Å². The number of hydrogen-bond acceptors (Lipinski definition) is 4. The fourth-order valence-electron chi connectivity index (χ4n) is 2.16. The van der Waals surface area contributed by atoms with Gasteiger partial charge in [-0.05, 0) is 18.1 Å². The number of aromatic nitrogens is 1. The summed E-state index contributed by atoms with van der Waals surface area (Å²) in [6.45, 7) is 1.69. The molecule has 0 radical (unpaired) electrons. The van der Waals surface area contributed by atoms with Crippen LogP contribution in [0.15, 0.2) is 36.4 Å². The summed E-state index contributed by atoms with van der Waals surface area (Å²) in [7, 11) is 0. The topological polar surface area (TPSA) is 109 Å². The predicted octanol–water partition coefficient (Wildman–Crippen LogP) is 1.37. The van der Waals surface area contributed by atoms with Crippen LogP contribution in [0.1, 0.15) is 23.8 Å². The zero-order valence-electron chi connectivity index (χ0n) is 12.1. The number of nitrogens with two attached hydrogens (primary N) is 1. The van der Waals surface area contributed by atoms with Crippen LogP contribution >= 0.6 is 0 Å². The highest BCUT2D eigenvalue weighted by atomic mass is 16.2. The van der Waals surface area contributed by atoms with Gasteiger partial charge in [-0.25, -0.2) is 4.98 Å². The molecule has 2 aromatic rings. The van der Waals surface area contributed by atoms with E-state index in [1.807, 2.05) is 24.3 Å². The number of pyridine rings is 1. The van der Waals surface area contributed by atoms with Crippen LogP contribution < -0.4 is 11.1 Å². The number of primary amides is 1. The molecule has 1 aromatic heterocycles. The summed E-state index contributed by atoms with van der Waals surface area (Å²) in [5.74, 6) is -1.52. The summed E-state index contributed by atoms with van der Waals surface area (Å²) in [5, 5.41) is 12.2. The standard InChI is InChI=1S/C16H16N4O2/c1-10(8-9-17)14(15(18)21)20-16(22)13-7-6-11-4-2-3-5-12(11)19-13/h2-7,10,14H,8H2,1H3,(H2,18,21)(H,20,22)/t10-,14-/m1/s1. The molecular weight excluding hydrogens is 280 g/mol. The minimum atomic E-state index is -0.902. The average molecular weight is 296 g/mol. The lowest BCUT2D eigenvalue weighted by Gasteiger charge is -2.20. The molecule has 6 nitrogen and oxygen atoms in total. The van der Waals surface area contributed by atoms with E-state index in [1.165, 1.54) is 0 Å². The Kier molecular flexibility index (Phi) is 4.69. The van der Waals surface area contributed by atoms with Crippen LogP contribution in [0, 0.1) is 17.2 Å². The predicted molar refractivity (Wildman–Crippen MR) is 81.6 cm³/mol. The Bertz CT molecular complexity index is 751. The molecule has 0 fully saturated rings. The highest BCUT2D eigenvalue weighted by molar-refractivity contribution is 5.97. The Morgan fingerprint density at radius 3 is 2.73 bits per heavy atom. The first-order valence-electron chi connectivity index (χ1n) is 6.86. The second-order valence-corrected chi connectivity index (χ2v) is 5.08. The van der Waals surface area contributed by atoms with Gasteiger partial charge < -0.3 is 11.1 Å². The van der Waals surface area contributed by atoms with E-state index >= 15 is 0 Å². The summed E-state index contributed by atoms with van der Waals surface area (Å²) >= 11 is 0. The van der Waals surface area contributed by atoms with Crippen molar-refractivity contribution in [3.63, 3.8) is 0 Å². The van der Waals surface area contributed by atoms with Crippen molar-refractivity contribution in [2.24, 2.45) is 11.7 Å². The highest BCUT2D eigenvalue weighted by Crippen LogP contribution is 2.13. The van der Waals surface area contributed by atoms with E-state index in [2.05, 4.69) is 10.3 Å². The third kappa shape index (κ3) is 3.38. The Hall–Kier alpha value is -2.94. The number of rotatable bonds is 5. The lowest BCUT2D eigenvalue weighted by Crippen LogP contribution is -2.48. The van der Waals surface area contributed by atoms with Crippen LogP contribution in [-0.2, 0) is 4.79 Å². The smallest absolute Gasteiger partial charge is 0.270 e. The molecule has 0 spiro atoms. The molecule has 1 heterocycles. The maximum atomic E-state index is 12.2. The molecule has 0 aliphatic rings. The van der Waals surface area contributed by atoms with Gasteiger partial charge in [0.15, 0.2) is 0 Å². The van der Waals surface area contributed by atoms with E-state index in [1.54, 1.807) is 25.1 Å². The first kappa shape index (κ1) is 15.4. The third-order valence-electron chi connectivity index (χ3n) is 3.41. The van der Waals surface area contributed by atoms with E-state index in [9.17, 15) is 9.59 Å². The van der Waals surface area contributed by atoms with Gasteiger partial charge in [0.05, 0.1) is 11.6 Å². The van der Waals surface area contributed by atoms with Crippen LogP contribution in [0.5, 0.6) is 0 Å². The molecule has 2 amide bonds. The van der Waals surface area contributed by atoms with Crippen LogP contribution in [0.2, 0.25) is 0 Å². The number of amides is 2. The highest BCUT2D eigenvalue weighted by Gasteiger charge is 2.25. The molecular formula is C16H16N4O2. The number of carbonyl (C=O) groups is 2. The van der Waals surface area contributed by atoms with E-state index in [0.29, 0.717) is 5.52 Å². The molecule has 112 valence electrons. The van der Waals surface area contributed by atoms with Crippen molar-refractivity contribution in [3.8, 4) is 6.07 Å². The number of nitrogens with one attached hydrogen (secondary N) is 1. The van der Waals surface area contributed by atoms with Gasteiger partial charge in [-0.3, -0.25) is 9.59 Å². The second-order valence-electron chi connectivity index (χ2n) is 5.08. The van der Waals surface area contributed by atoms with E-state index in [0.717, 1.165) is 5.39 Å². The minimum absolute atomic E-state index is 0.124. The fourth-order valence-corrected chi connectivity index (χ4v) is 2.16. The van der Waals surface area contributed by atoms with Crippen molar-refractivity contribution in [1.82, 2.24) is 10.3 Å². The number of para-hydroxylation sites is 1. The van der Waals surface area contributed by atoms with Gasteiger partial charge in [0.2, 0.25) is 5.91 Å². The van der Waals surface area contributed by atoms with Gasteiger partial charge in [-0.1, -0.05) is 31.2 Å². The molecule has 0 unspecified atom stereocenters. The number of hydrogen-bond donors (Lipinski definition) is 2. The van der Waals surface area contributed by atoms with Crippen molar-refractivity contribution in [1.29, 1.82) is 5.26 Å². The molecule has 0 saturated heterocycles. The van der Waals surface area contributed by atoms with Crippen LogP contribution in [0.25, 0.3) is 10.9 Å². The molecule has 0 bridgehead atoms. The van der Waals surface area contributed by atoms with Gasteiger partial charge >= 0.3 is 0 Å². The normalized spacial score (nSPS) is 13.1. The molecule has 1 aromatic carbocycles. The molecule has 6 heteroatoms. The van der Waals surface area contributed by atoms with Crippen molar-refractivity contribution in [2.45, 2.75) is 19.4 Å². The maximum absolute atomic E-state index is 12.2. The number of benzene rings is 1. The summed E-state index contributed by atoms with van der Waals surface area (Å²) in [5.41, 5.74) is 6.19. The number of fused-ring (bicyclic) bond motifs is 1. The first-order chi connectivity index (χ1) is 10.5. The van der Waals surface area contributed by atoms with Gasteiger partial charge in [0.1, 0.15) is 11.7 Å². The Morgan fingerprint density at radius 2 is 2.05 bits per heavy atom. The summed E-state index contributed by atoms with van der Waals surface area (Å²) in [6, 6.07) is 11.9. The van der Waals surface area contributed by atoms with Gasteiger partial charge in [0.25, 0.3) is 5.91 Å². The average Bonchev–Trinajstić information content (AvgIpc) is 2.51. The molecule has 2 atom stereocenters. The Labute approximate surface area is 127 Å². The minimum Gasteiger partial charge on any atom is -0.368 e. The molecule has 0 aliphatic heterocycles. The first-order valence-corrected chi connectivity index (χ1v) is 6.86. The van der Waals surface area contributed by atoms with Crippen molar-refractivity contribution < 1.29 is 9.59 Å². The quantitative estimate of drug-likeness (QED) is 0.868. The molecule has 0 aliphatic carbocycles. The van der Waals surface area contributed by atoms with Crippen LogP contribution in [-0.4, -0.2) is 22.8 Å². The zero-order valence-corrected chi connectivity index (χ0v) is 12.1. The summed E-state index contributed by atoms with van der Waals surface area (Å²) in [4.78, 5) is 28.0. The van der Waals surface area contributed by atoms with E-state index < -0.39 is 17.9 Å². The Balaban J connectivity index is 2.21. The lowest BCUT2D eigenvalue weighted by atomic mass is 9.98. The SMILES string of the molecule is C[C@H](CC#N)[C@@H](NC(=O)c1ccc2ccccc2n1)C(N)=O. The maximum Gasteiger partial charge on any atom is 0.270 e. The third-order valence-corrected chi connectivity index (χ3v) is 3.41. The molecule has 0 saturated carbocycles. The van der Waals surface area contributed by atoms with E-state index in [4.69, 9.17) is 11.0 Å². The van der Waals surface area contributed by atoms with Crippen molar-refractivity contribution >= 4 is 22.7 Å². The monoisotopic (exact) mass is 296 g/mol. The number of nitriles is 1. The van der Waals surface area contributed by atoms with E-state index in [-0.39, 0.29) is 18.0 Å².